The Morgan fingerprint density at radius 3 is 2.56 bits per heavy atom. The van der Waals surface area contributed by atoms with Gasteiger partial charge in [0.15, 0.2) is 0 Å². The minimum atomic E-state index is -4.47. The fourth-order valence-electron chi connectivity index (χ4n) is 12.6. The molecule has 10 nitrogen and oxygen atoms in total. The third-order valence-corrected chi connectivity index (χ3v) is 15.9. The van der Waals surface area contributed by atoms with Gasteiger partial charge in [0.2, 0.25) is 0 Å². The first-order valence-electron chi connectivity index (χ1n) is 24.8. The topological polar surface area (TPSA) is 102 Å². The van der Waals surface area contributed by atoms with E-state index in [2.05, 4.69) is 70.7 Å². The lowest BCUT2D eigenvalue weighted by Crippen LogP contribution is -2.59. The standard InChI is InChI=1S/C54H59BF5N7O3/c1-32-7-3-4-9-41(32)43-10-5-8-34-22-40(68)12-13-42(34)49(43)35-17-20-65-29-39(63-48(65)23-35)30-66-26-36(24-57)51(66)53-50-45-21-33(2)67(31-54(58,59)60)52(44(45)14-15-46(50)55(69)70-53)47-16-11-37(25-61-47)62-38-27-64(28-38)19-6-18-56/h3-4,7,9,11-17,20,22-23,25,29,33,36,38,43,49,51-53,62,68-69H,5-6,8,10,18-19,21,24,26-28,30-31H2,1-2H3/t33-,36?,43+,49-,51?,52+,53?/m1/s1. The minimum Gasteiger partial charge on any atom is -0.508 e. The van der Waals surface area contributed by atoms with Crippen LogP contribution in [0.15, 0.2) is 97.5 Å². The number of hydrogen-bond acceptors (Lipinski definition) is 9. The molecular weight excluding hydrogens is 900 g/mol. The van der Waals surface area contributed by atoms with E-state index >= 15 is 4.39 Å². The number of nitrogens with one attached hydrogen (secondary N) is 1. The lowest BCUT2D eigenvalue weighted by molar-refractivity contribution is -0.155. The summed E-state index contributed by atoms with van der Waals surface area (Å²) in [6.07, 6.45) is 4.15. The zero-order chi connectivity index (χ0) is 48.4. The lowest BCUT2D eigenvalue weighted by Gasteiger charge is -2.50. The molecule has 3 unspecified atom stereocenters. The van der Waals surface area contributed by atoms with Gasteiger partial charge in [-0.1, -0.05) is 42.5 Å². The van der Waals surface area contributed by atoms with Crippen molar-refractivity contribution in [3.05, 3.63) is 153 Å². The van der Waals surface area contributed by atoms with Crippen LogP contribution in [-0.2, 0) is 24.0 Å². The van der Waals surface area contributed by atoms with Gasteiger partial charge in [0.1, 0.15) is 11.4 Å². The lowest BCUT2D eigenvalue weighted by atomic mass is 9.72. The van der Waals surface area contributed by atoms with Gasteiger partial charge in [-0.2, -0.15) is 13.2 Å². The predicted octanol–water partition coefficient (Wildman–Crippen LogP) is 8.58. The summed E-state index contributed by atoms with van der Waals surface area (Å²) in [5.74, 6) is 0.116. The third kappa shape index (κ3) is 8.88. The Kier molecular flexibility index (Phi) is 12.7. The van der Waals surface area contributed by atoms with Crippen molar-refractivity contribution in [3.63, 3.8) is 0 Å². The van der Waals surface area contributed by atoms with Crippen molar-refractivity contribution in [1.82, 2.24) is 29.1 Å². The number of imidazole rings is 1. The van der Waals surface area contributed by atoms with Gasteiger partial charge in [-0.25, -0.2) is 4.98 Å². The fraction of sp³-hybridized carbons (Fsp3) is 0.444. The maximum atomic E-state index is 15.0. The summed E-state index contributed by atoms with van der Waals surface area (Å²) in [5.41, 5.74) is 11.6. The molecule has 0 amide bonds. The molecule has 3 N–H and O–H groups in total. The summed E-state index contributed by atoms with van der Waals surface area (Å²) in [4.78, 5) is 15.7. The molecule has 1 aliphatic carbocycles. The van der Waals surface area contributed by atoms with Crippen molar-refractivity contribution in [2.75, 3.05) is 51.4 Å². The highest BCUT2D eigenvalue weighted by molar-refractivity contribution is 6.61. The molecule has 3 aromatic carbocycles. The molecule has 0 radical (unpaired) electrons. The average molecular weight is 960 g/mol. The minimum absolute atomic E-state index is 0.0330. The van der Waals surface area contributed by atoms with E-state index in [1.165, 1.54) is 21.6 Å². The van der Waals surface area contributed by atoms with Crippen molar-refractivity contribution < 1.29 is 36.7 Å². The summed E-state index contributed by atoms with van der Waals surface area (Å²) in [6, 6.07) is 24.2. The highest BCUT2D eigenvalue weighted by Gasteiger charge is 2.52. The van der Waals surface area contributed by atoms with Crippen LogP contribution in [0.5, 0.6) is 5.75 Å². The summed E-state index contributed by atoms with van der Waals surface area (Å²) in [6.45, 7) is 4.97. The number of likely N-dealkylation sites (tertiary alicyclic amines) is 2. The Bertz CT molecular complexity index is 2860. The van der Waals surface area contributed by atoms with Crippen molar-refractivity contribution in [3.8, 4) is 5.75 Å². The quantitative estimate of drug-likeness (QED) is 0.0598. The summed E-state index contributed by atoms with van der Waals surface area (Å²) >= 11 is 0. The van der Waals surface area contributed by atoms with Crippen LogP contribution in [0.3, 0.4) is 0 Å². The molecule has 11 rings (SSSR count). The van der Waals surface area contributed by atoms with Crippen LogP contribution in [0, 0.1) is 12.8 Å². The SMILES string of the molecule is Cc1ccccc1[C@@H]1CCCc2cc(O)ccc2[C@H]1c1ccn2cc(CN3CC(CF)C3C3OB(O)c4ccc5c(c43)C[C@@H](C)N(CC(F)(F)F)[C@@H]5c3ccc(NC4CN(CCCF)C4)cn3)nc2c1. The summed E-state index contributed by atoms with van der Waals surface area (Å²) in [7, 11) is -1.28. The number of hydrogen-bond donors (Lipinski definition) is 3. The maximum Gasteiger partial charge on any atom is 0.492 e. The smallest absolute Gasteiger partial charge is 0.492 e. The largest absolute Gasteiger partial charge is 0.508 e. The number of phenols is 1. The van der Waals surface area contributed by atoms with Crippen LogP contribution in [0.2, 0.25) is 0 Å². The summed E-state index contributed by atoms with van der Waals surface area (Å²) < 4.78 is 79.3. The Hall–Kier alpha value is -5.39. The van der Waals surface area contributed by atoms with Gasteiger partial charge >= 0.3 is 13.3 Å². The average Bonchev–Trinajstić information content (AvgIpc) is 3.81. The van der Waals surface area contributed by atoms with Crippen LogP contribution in [0.1, 0.15) is 106 Å². The Labute approximate surface area is 405 Å². The molecule has 16 heteroatoms. The molecular formula is C54H59BF5N7O3. The van der Waals surface area contributed by atoms with Crippen molar-refractivity contribution >= 4 is 23.9 Å². The molecule has 4 aliphatic heterocycles. The van der Waals surface area contributed by atoms with Gasteiger partial charge < -0.3 is 24.5 Å². The maximum absolute atomic E-state index is 15.0. The van der Waals surface area contributed by atoms with Crippen molar-refractivity contribution in [2.24, 2.45) is 5.92 Å². The van der Waals surface area contributed by atoms with Gasteiger partial charge in [-0.15, -0.1) is 0 Å². The van der Waals surface area contributed by atoms with E-state index in [1.807, 2.05) is 22.7 Å². The number of aromatic nitrogens is 3. The number of pyridine rings is 2. The molecule has 0 bridgehead atoms. The molecule has 70 heavy (non-hydrogen) atoms. The highest BCUT2D eigenvalue weighted by atomic mass is 19.4. The number of aryl methyl sites for hydroxylation is 2. The van der Waals surface area contributed by atoms with Crippen LogP contribution in [0.25, 0.3) is 5.65 Å². The number of phenolic OH excluding ortho intramolecular Hbond substituents is 1. The molecule has 2 fully saturated rings. The van der Waals surface area contributed by atoms with Gasteiger partial charge in [-0.3, -0.25) is 28.5 Å². The van der Waals surface area contributed by atoms with E-state index in [1.54, 1.807) is 37.4 Å². The number of alkyl halides is 5. The van der Waals surface area contributed by atoms with E-state index in [4.69, 9.17) is 14.6 Å². The zero-order valence-electron chi connectivity index (χ0n) is 39.5. The van der Waals surface area contributed by atoms with E-state index in [0.29, 0.717) is 42.8 Å². The van der Waals surface area contributed by atoms with Crippen molar-refractivity contribution in [2.45, 2.75) is 101 Å². The van der Waals surface area contributed by atoms with Crippen molar-refractivity contribution in [1.29, 1.82) is 0 Å². The Morgan fingerprint density at radius 1 is 0.957 bits per heavy atom. The van der Waals surface area contributed by atoms with E-state index in [9.17, 15) is 27.7 Å². The van der Waals surface area contributed by atoms with E-state index < -0.39 is 56.7 Å². The molecule has 7 heterocycles. The van der Waals surface area contributed by atoms with Crippen LogP contribution < -0.4 is 10.8 Å². The van der Waals surface area contributed by atoms with Gasteiger partial charge in [0.05, 0.1) is 61.4 Å². The Morgan fingerprint density at radius 2 is 1.79 bits per heavy atom. The number of nitrogens with zero attached hydrogens (tertiary/aromatic N) is 6. The van der Waals surface area contributed by atoms with Crippen LogP contribution in [-0.4, -0.2) is 117 Å². The van der Waals surface area contributed by atoms with E-state index in [0.717, 1.165) is 71.6 Å². The van der Waals surface area contributed by atoms with E-state index in [-0.39, 0.29) is 36.7 Å². The number of anilines is 1. The molecule has 7 atom stereocenters. The first-order chi connectivity index (χ1) is 33.8. The fourth-order valence-corrected chi connectivity index (χ4v) is 12.6. The molecule has 0 saturated carbocycles. The molecule has 6 aromatic rings. The second-order valence-electron chi connectivity index (χ2n) is 20.4. The number of rotatable bonds is 13. The Balaban J connectivity index is 0.885. The van der Waals surface area contributed by atoms with Crippen LogP contribution in [0.4, 0.5) is 27.6 Å². The first kappa shape index (κ1) is 47.0. The molecule has 5 aliphatic rings. The first-order valence-corrected chi connectivity index (χ1v) is 24.8. The normalized spacial score (nSPS) is 25.3. The molecule has 2 saturated heterocycles. The number of benzene rings is 3. The zero-order valence-corrected chi connectivity index (χ0v) is 39.5. The number of halogens is 5. The summed E-state index contributed by atoms with van der Waals surface area (Å²) in [5, 5.41) is 25.4. The van der Waals surface area contributed by atoms with Gasteiger partial charge in [0, 0.05) is 69.0 Å². The predicted molar refractivity (Wildman–Crippen MR) is 260 cm³/mol. The van der Waals surface area contributed by atoms with Gasteiger partial charge in [-0.05, 0) is 138 Å². The highest BCUT2D eigenvalue weighted by Crippen LogP contribution is 2.49. The number of aromatic hydroxyl groups is 1. The monoisotopic (exact) mass is 959 g/mol. The second-order valence-corrected chi connectivity index (χ2v) is 20.4. The molecule has 0 spiro atoms. The second kappa shape index (κ2) is 19.0. The van der Waals surface area contributed by atoms with Crippen LogP contribution >= 0.6 is 0 Å². The molecule has 3 aromatic heterocycles. The van der Waals surface area contributed by atoms with Gasteiger partial charge in [0.25, 0.3) is 0 Å². The molecule has 366 valence electrons. The third-order valence-electron chi connectivity index (χ3n) is 15.9. The number of fused-ring (bicyclic) bond motifs is 5.